The van der Waals surface area contributed by atoms with Crippen LogP contribution in [0.4, 0.5) is 5.82 Å². The zero-order valence-corrected chi connectivity index (χ0v) is 6.96. The molecule has 1 heterocycles. The van der Waals surface area contributed by atoms with Gasteiger partial charge in [-0.05, 0) is 5.92 Å². The predicted molar refractivity (Wildman–Crippen MR) is 44.0 cm³/mol. The molecule has 0 spiro atoms. The SMILES string of the molecule is CC(C)c1c(N)n[nH]c1C(=O)O. The van der Waals surface area contributed by atoms with Gasteiger partial charge in [0.1, 0.15) is 11.5 Å². The number of H-pyrrole nitrogens is 1. The first-order valence-corrected chi connectivity index (χ1v) is 3.61. The normalized spacial score (nSPS) is 10.6. The lowest BCUT2D eigenvalue weighted by atomic mass is 10.0. The fourth-order valence-corrected chi connectivity index (χ4v) is 1.11. The molecule has 0 amide bonds. The number of nitrogens with zero attached hydrogens (tertiary/aromatic N) is 1. The van der Waals surface area contributed by atoms with Crippen LogP contribution in [0, 0.1) is 0 Å². The lowest BCUT2D eigenvalue weighted by Gasteiger charge is -2.02. The van der Waals surface area contributed by atoms with Gasteiger partial charge in [0, 0.05) is 5.56 Å². The van der Waals surface area contributed by atoms with Gasteiger partial charge in [-0.1, -0.05) is 13.8 Å². The number of carboxylic acids is 1. The topological polar surface area (TPSA) is 92.0 Å². The number of carboxylic acid groups (broad SMARTS) is 1. The first-order valence-electron chi connectivity index (χ1n) is 3.61. The van der Waals surface area contributed by atoms with E-state index in [9.17, 15) is 4.79 Å². The first-order chi connectivity index (χ1) is 5.54. The molecule has 12 heavy (non-hydrogen) atoms. The summed E-state index contributed by atoms with van der Waals surface area (Å²) in [5.74, 6) is -0.694. The summed E-state index contributed by atoms with van der Waals surface area (Å²) in [6.07, 6.45) is 0. The van der Waals surface area contributed by atoms with Crippen LogP contribution in [0.3, 0.4) is 0 Å². The number of nitrogens with two attached hydrogens (primary N) is 1. The van der Waals surface area contributed by atoms with Crippen molar-refractivity contribution in [1.82, 2.24) is 10.2 Å². The molecule has 0 bridgehead atoms. The second kappa shape index (κ2) is 2.84. The van der Waals surface area contributed by atoms with E-state index >= 15 is 0 Å². The number of hydrogen-bond acceptors (Lipinski definition) is 3. The zero-order valence-electron chi connectivity index (χ0n) is 6.96. The van der Waals surface area contributed by atoms with Crippen molar-refractivity contribution >= 4 is 11.8 Å². The number of nitrogens with one attached hydrogen (secondary N) is 1. The Kier molecular flexibility index (Phi) is 2.03. The van der Waals surface area contributed by atoms with Gasteiger partial charge in [-0.2, -0.15) is 5.10 Å². The van der Waals surface area contributed by atoms with Crippen molar-refractivity contribution in [2.75, 3.05) is 5.73 Å². The summed E-state index contributed by atoms with van der Waals surface area (Å²) >= 11 is 0. The van der Waals surface area contributed by atoms with Gasteiger partial charge in [0.05, 0.1) is 0 Å². The summed E-state index contributed by atoms with van der Waals surface area (Å²) in [4.78, 5) is 10.6. The number of anilines is 1. The van der Waals surface area contributed by atoms with Crippen molar-refractivity contribution < 1.29 is 9.90 Å². The van der Waals surface area contributed by atoms with Gasteiger partial charge in [-0.15, -0.1) is 0 Å². The summed E-state index contributed by atoms with van der Waals surface area (Å²) in [6, 6.07) is 0. The minimum Gasteiger partial charge on any atom is -0.477 e. The van der Waals surface area contributed by atoms with Gasteiger partial charge in [0.15, 0.2) is 0 Å². The highest BCUT2D eigenvalue weighted by molar-refractivity contribution is 5.88. The maximum absolute atomic E-state index is 10.6. The monoisotopic (exact) mass is 169 g/mol. The van der Waals surface area contributed by atoms with Gasteiger partial charge < -0.3 is 10.8 Å². The minimum absolute atomic E-state index is 0.0647. The average Bonchev–Trinajstić information content (AvgIpc) is 2.30. The molecule has 0 saturated heterocycles. The minimum atomic E-state index is -1.03. The molecule has 1 rings (SSSR count). The van der Waals surface area contributed by atoms with Crippen LogP contribution in [0.2, 0.25) is 0 Å². The lowest BCUT2D eigenvalue weighted by molar-refractivity contribution is 0.0689. The highest BCUT2D eigenvalue weighted by atomic mass is 16.4. The maximum atomic E-state index is 10.6. The molecule has 5 nitrogen and oxygen atoms in total. The van der Waals surface area contributed by atoms with Crippen LogP contribution >= 0.6 is 0 Å². The second-order valence-electron chi connectivity index (χ2n) is 2.86. The van der Waals surface area contributed by atoms with Crippen LogP contribution in [0.1, 0.15) is 35.8 Å². The van der Waals surface area contributed by atoms with Crippen LogP contribution < -0.4 is 5.73 Å². The van der Waals surface area contributed by atoms with Gasteiger partial charge >= 0.3 is 5.97 Å². The van der Waals surface area contributed by atoms with E-state index in [-0.39, 0.29) is 17.4 Å². The van der Waals surface area contributed by atoms with E-state index in [1.165, 1.54) is 0 Å². The van der Waals surface area contributed by atoms with Crippen LogP contribution in [0.15, 0.2) is 0 Å². The molecule has 5 heteroatoms. The molecule has 66 valence electrons. The van der Waals surface area contributed by atoms with E-state index in [4.69, 9.17) is 10.8 Å². The molecule has 0 unspecified atom stereocenters. The van der Waals surface area contributed by atoms with Gasteiger partial charge in [-0.3, -0.25) is 5.10 Å². The number of rotatable bonds is 2. The number of hydrogen-bond donors (Lipinski definition) is 3. The smallest absolute Gasteiger partial charge is 0.354 e. The quantitative estimate of drug-likeness (QED) is 0.611. The van der Waals surface area contributed by atoms with Crippen molar-refractivity contribution in [3.63, 3.8) is 0 Å². The van der Waals surface area contributed by atoms with E-state index in [0.717, 1.165) is 0 Å². The van der Waals surface area contributed by atoms with Crippen molar-refractivity contribution in [1.29, 1.82) is 0 Å². The van der Waals surface area contributed by atoms with Crippen LogP contribution in [-0.2, 0) is 0 Å². The molecule has 0 aliphatic carbocycles. The fourth-order valence-electron chi connectivity index (χ4n) is 1.11. The van der Waals surface area contributed by atoms with E-state index < -0.39 is 5.97 Å². The first kappa shape index (κ1) is 8.58. The predicted octanol–water partition coefficient (Wildman–Crippen LogP) is 0.814. The number of carbonyl (C=O) groups is 1. The fraction of sp³-hybridized carbons (Fsp3) is 0.429. The van der Waals surface area contributed by atoms with E-state index in [1.54, 1.807) is 0 Å². The van der Waals surface area contributed by atoms with Crippen LogP contribution in [-0.4, -0.2) is 21.3 Å². The Balaban J connectivity index is 3.21. The maximum Gasteiger partial charge on any atom is 0.354 e. The summed E-state index contributed by atoms with van der Waals surface area (Å²) in [5.41, 5.74) is 6.13. The number of aromatic nitrogens is 2. The van der Waals surface area contributed by atoms with E-state index in [2.05, 4.69) is 10.2 Å². The van der Waals surface area contributed by atoms with E-state index in [0.29, 0.717) is 5.56 Å². The van der Waals surface area contributed by atoms with Gasteiger partial charge in [-0.25, -0.2) is 4.79 Å². The molecular formula is C7H11N3O2. The molecule has 1 aromatic rings. The number of aromatic carboxylic acids is 1. The Morgan fingerprint density at radius 1 is 1.67 bits per heavy atom. The third-order valence-corrected chi connectivity index (χ3v) is 1.62. The molecule has 0 aliphatic heterocycles. The summed E-state index contributed by atoms with van der Waals surface area (Å²) < 4.78 is 0. The van der Waals surface area contributed by atoms with Crippen molar-refractivity contribution in [2.24, 2.45) is 0 Å². The zero-order chi connectivity index (χ0) is 9.30. The number of nitrogen functional groups attached to an aromatic ring is 1. The van der Waals surface area contributed by atoms with Crippen molar-refractivity contribution in [3.8, 4) is 0 Å². The molecule has 0 aliphatic rings. The van der Waals surface area contributed by atoms with Gasteiger partial charge in [0.25, 0.3) is 0 Å². The van der Waals surface area contributed by atoms with Gasteiger partial charge in [0.2, 0.25) is 0 Å². The summed E-state index contributed by atoms with van der Waals surface area (Å²) in [6.45, 7) is 3.74. The molecule has 0 fully saturated rings. The molecule has 4 N–H and O–H groups in total. The third kappa shape index (κ3) is 1.25. The molecule has 0 radical (unpaired) electrons. The standard InChI is InChI=1S/C7H11N3O2/c1-3(2)4-5(7(11)12)9-10-6(4)8/h3H,1-2H3,(H,11,12)(H3,8,9,10). The average molecular weight is 169 g/mol. The van der Waals surface area contributed by atoms with Crippen LogP contribution in [0.5, 0.6) is 0 Å². The van der Waals surface area contributed by atoms with Crippen molar-refractivity contribution in [3.05, 3.63) is 11.3 Å². The lowest BCUT2D eigenvalue weighted by Crippen LogP contribution is -2.03. The highest BCUT2D eigenvalue weighted by Crippen LogP contribution is 2.22. The summed E-state index contributed by atoms with van der Waals surface area (Å²) in [5, 5.41) is 14.7. The summed E-state index contributed by atoms with van der Waals surface area (Å²) in [7, 11) is 0. The third-order valence-electron chi connectivity index (χ3n) is 1.62. The Labute approximate surface area is 69.6 Å². The Bertz CT molecular complexity index is 304. The second-order valence-corrected chi connectivity index (χ2v) is 2.86. The Hall–Kier alpha value is -1.52. The van der Waals surface area contributed by atoms with Crippen LogP contribution in [0.25, 0.3) is 0 Å². The largest absolute Gasteiger partial charge is 0.477 e. The highest BCUT2D eigenvalue weighted by Gasteiger charge is 2.18. The molecule has 0 aromatic carbocycles. The molecule has 0 saturated carbocycles. The van der Waals surface area contributed by atoms with Crippen molar-refractivity contribution in [2.45, 2.75) is 19.8 Å². The van der Waals surface area contributed by atoms with E-state index in [1.807, 2.05) is 13.8 Å². The number of aromatic amines is 1. The Morgan fingerprint density at radius 3 is 2.58 bits per heavy atom. The molecule has 0 atom stereocenters. The molecular weight excluding hydrogens is 158 g/mol. The Morgan fingerprint density at radius 2 is 2.25 bits per heavy atom. The molecule has 1 aromatic heterocycles.